The predicted molar refractivity (Wildman–Crippen MR) is 97.6 cm³/mol. The number of piperidine rings is 2. The molecule has 1 aromatic rings. The fourth-order valence-corrected chi connectivity index (χ4v) is 4.22. The molecule has 3 heterocycles. The number of likely N-dealkylation sites (tertiary alicyclic amines) is 2. The lowest BCUT2D eigenvalue weighted by Crippen LogP contribution is -2.51. The molecule has 1 aliphatic carbocycles. The van der Waals surface area contributed by atoms with Crippen LogP contribution in [-0.2, 0) is 11.8 Å². The van der Waals surface area contributed by atoms with E-state index in [0.717, 1.165) is 64.7 Å². The van der Waals surface area contributed by atoms with E-state index in [4.69, 9.17) is 0 Å². The van der Waals surface area contributed by atoms with E-state index in [1.165, 1.54) is 0 Å². The van der Waals surface area contributed by atoms with E-state index < -0.39 is 0 Å². The molecule has 7 heteroatoms. The van der Waals surface area contributed by atoms with Gasteiger partial charge >= 0.3 is 0 Å². The second-order valence-electron chi connectivity index (χ2n) is 8.01. The predicted octanol–water partition coefficient (Wildman–Crippen LogP) is 1.02. The Morgan fingerprint density at radius 3 is 2.54 bits per heavy atom. The standard InChI is InChI=1S/C19H29N5O2/c1-22-10-8-17(21-22)19(26)23-11-6-16(7-12-23)24-9-2-3-14(13-24)18(25)20-15-4-5-15/h8,10,14-16H,2-7,9,11-13H2,1H3,(H,20,25)/t14-/m0/s1. The third-order valence-corrected chi connectivity index (χ3v) is 5.95. The van der Waals surface area contributed by atoms with Gasteiger partial charge < -0.3 is 10.2 Å². The van der Waals surface area contributed by atoms with Crippen molar-refractivity contribution in [3.05, 3.63) is 18.0 Å². The minimum Gasteiger partial charge on any atom is -0.353 e. The Morgan fingerprint density at radius 1 is 1.12 bits per heavy atom. The van der Waals surface area contributed by atoms with Crippen molar-refractivity contribution in [1.82, 2.24) is 24.9 Å². The van der Waals surface area contributed by atoms with Crippen molar-refractivity contribution in [1.29, 1.82) is 0 Å². The second-order valence-corrected chi connectivity index (χ2v) is 8.01. The maximum absolute atomic E-state index is 12.5. The minimum atomic E-state index is 0.0318. The number of carbonyl (C=O) groups is 2. The van der Waals surface area contributed by atoms with E-state index in [-0.39, 0.29) is 17.7 Å². The molecular weight excluding hydrogens is 330 g/mol. The molecule has 3 fully saturated rings. The number of aryl methyl sites for hydroxylation is 1. The van der Waals surface area contributed by atoms with E-state index in [1.54, 1.807) is 16.9 Å². The summed E-state index contributed by atoms with van der Waals surface area (Å²) in [7, 11) is 1.83. The van der Waals surface area contributed by atoms with Gasteiger partial charge in [0.25, 0.3) is 5.91 Å². The van der Waals surface area contributed by atoms with Gasteiger partial charge in [0, 0.05) is 45.0 Å². The summed E-state index contributed by atoms with van der Waals surface area (Å²) in [5.74, 6) is 0.418. The smallest absolute Gasteiger partial charge is 0.274 e. The average molecular weight is 359 g/mol. The molecule has 0 spiro atoms. The lowest BCUT2D eigenvalue weighted by Gasteiger charge is -2.41. The molecule has 7 nitrogen and oxygen atoms in total. The van der Waals surface area contributed by atoms with E-state index >= 15 is 0 Å². The maximum atomic E-state index is 12.5. The SMILES string of the molecule is Cn1ccc(C(=O)N2CCC(N3CCC[C@H](C(=O)NC4CC4)C3)CC2)n1. The van der Waals surface area contributed by atoms with Crippen LogP contribution in [0.15, 0.2) is 12.3 Å². The first-order chi connectivity index (χ1) is 12.6. The molecule has 3 aliphatic rings. The number of nitrogens with one attached hydrogen (secondary N) is 1. The quantitative estimate of drug-likeness (QED) is 0.871. The fraction of sp³-hybridized carbons (Fsp3) is 0.737. The molecule has 0 aromatic carbocycles. The van der Waals surface area contributed by atoms with Crippen LogP contribution >= 0.6 is 0 Å². The molecule has 1 atom stereocenters. The first kappa shape index (κ1) is 17.5. The third-order valence-electron chi connectivity index (χ3n) is 5.95. The summed E-state index contributed by atoms with van der Waals surface area (Å²) >= 11 is 0. The summed E-state index contributed by atoms with van der Waals surface area (Å²) in [5, 5.41) is 7.39. The molecule has 4 rings (SSSR count). The van der Waals surface area contributed by atoms with Gasteiger partial charge in [-0.1, -0.05) is 0 Å². The molecule has 0 radical (unpaired) electrons. The number of nitrogens with zero attached hydrogens (tertiary/aromatic N) is 4. The number of carbonyl (C=O) groups excluding carboxylic acids is 2. The lowest BCUT2D eigenvalue weighted by atomic mass is 9.93. The molecule has 1 saturated carbocycles. The third kappa shape index (κ3) is 3.92. The monoisotopic (exact) mass is 359 g/mol. The van der Waals surface area contributed by atoms with E-state index in [0.29, 0.717) is 17.8 Å². The Labute approximate surface area is 154 Å². The summed E-state index contributed by atoms with van der Waals surface area (Å²) in [5.41, 5.74) is 0.528. The van der Waals surface area contributed by atoms with E-state index in [9.17, 15) is 9.59 Å². The van der Waals surface area contributed by atoms with Crippen LogP contribution in [0, 0.1) is 5.92 Å². The zero-order chi connectivity index (χ0) is 18.1. The Morgan fingerprint density at radius 2 is 1.88 bits per heavy atom. The number of rotatable bonds is 4. The summed E-state index contributed by atoms with van der Waals surface area (Å²) in [6, 6.07) is 2.71. The molecule has 1 aromatic heterocycles. The highest BCUT2D eigenvalue weighted by molar-refractivity contribution is 5.92. The van der Waals surface area contributed by atoms with Crippen molar-refractivity contribution >= 4 is 11.8 Å². The van der Waals surface area contributed by atoms with Gasteiger partial charge in [-0.3, -0.25) is 19.2 Å². The summed E-state index contributed by atoms with van der Waals surface area (Å²) in [6.07, 6.45) is 8.16. The molecule has 0 unspecified atom stereocenters. The Bertz CT molecular complexity index is 661. The normalized spacial score (nSPS) is 25.3. The highest BCUT2D eigenvalue weighted by Gasteiger charge is 2.34. The van der Waals surface area contributed by atoms with Crippen LogP contribution in [0.2, 0.25) is 0 Å². The van der Waals surface area contributed by atoms with Crippen LogP contribution in [0.4, 0.5) is 0 Å². The van der Waals surface area contributed by atoms with Crippen LogP contribution in [0.25, 0.3) is 0 Å². The van der Waals surface area contributed by atoms with Crippen molar-refractivity contribution in [2.45, 2.75) is 50.6 Å². The highest BCUT2D eigenvalue weighted by atomic mass is 16.2. The zero-order valence-electron chi connectivity index (χ0n) is 15.6. The van der Waals surface area contributed by atoms with Gasteiger partial charge in [-0.25, -0.2) is 0 Å². The lowest BCUT2D eigenvalue weighted by molar-refractivity contribution is -0.127. The van der Waals surface area contributed by atoms with E-state index in [2.05, 4.69) is 15.3 Å². The Balaban J connectivity index is 1.28. The molecule has 2 saturated heterocycles. The van der Waals surface area contributed by atoms with Crippen molar-refractivity contribution in [2.24, 2.45) is 13.0 Å². The van der Waals surface area contributed by atoms with Gasteiger partial charge in [-0.15, -0.1) is 0 Å². The number of hydrogen-bond donors (Lipinski definition) is 1. The van der Waals surface area contributed by atoms with Crippen LogP contribution in [0.3, 0.4) is 0 Å². The topological polar surface area (TPSA) is 70.5 Å². The Kier molecular flexibility index (Phi) is 4.98. The van der Waals surface area contributed by atoms with Crippen molar-refractivity contribution < 1.29 is 9.59 Å². The highest BCUT2D eigenvalue weighted by Crippen LogP contribution is 2.26. The van der Waals surface area contributed by atoms with Gasteiger partial charge in [-0.2, -0.15) is 5.10 Å². The summed E-state index contributed by atoms with van der Waals surface area (Å²) in [6.45, 7) is 3.49. The van der Waals surface area contributed by atoms with Gasteiger partial charge in [0.2, 0.25) is 5.91 Å². The van der Waals surface area contributed by atoms with Gasteiger partial charge in [0.1, 0.15) is 5.69 Å². The number of hydrogen-bond acceptors (Lipinski definition) is 4. The van der Waals surface area contributed by atoms with E-state index in [1.807, 2.05) is 11.9 Å². The summed E-state index contributed by atoms with van der Waals surface area (Å²) < 4.78 is 1.67. The largest absolute Gasteiger partial charge is 0.353 e. The van der Waals surface area contributed by atoms with Gasteiger partial charge in [0.15, 0.2) is 0 Å². The van der Waals surface area contributed by atoms with Crippen LogP contribution < -0.4 is 5.32 Å². The molecule has 142 valence electrons. The Hall–Kier alpha value is -1.89. The van der Waals surface area contributed by atoms with Crippen LogP contribution in [0.5, 0.6) is 0 Å². The number of aromatic nitrogens is 2. The second kappa shape index (κ2) is 7.39. The van der Waals surface area contributed by atoms with Crippen LogP contribution in [0.1, 0.15) is 49.0 Å². The molecular formula is C19H29N5O2. The zero-order valence-corrected chi connectivity index (χ0v) is 15.6. The first-order valence-electron chi connectivity index (χ1n) is 9.93. The molecule has 26 heavy (non-hydrogen) atoms. The molecule has 1 N–H and O–H groups in total. The molecule has 0 bridgehead atoms. The first-order valence-corrected chi connectivity index (χ1v) is 9.93. The molecule has 2 aliphatic heterocycles. The fourth-order valence-electron chi connectivity index (χ4n) is 4.22. The number of amides is 2. The van der Waals surface area contributed by atoms with Crippen molar-refractivity contribution in [2.75, 3.05) is 26.2 Å². The minimum absolute atomic E-state index is 0.0318. The average Bonchev–Trinajstić information content (AvgIpc) is 3.38. The van der Waals surface area contributed by atoms with Crippen LogP contribution in [-0.4, -0.2) is 69.7 Å². The van der Waals surface area contributed by atoms with Gasteiger partial charge in [-0.05, 0) is 51.1 Å². The maximum Gasteiger partial charge on any atom is 0.274 e. The molecule has 2 amide bonds. The van der Waals surface area contributed by atoms with Gasteiger partial charge in [0.05, 0.1) is 5.92 Å². The summed E-state index contributed by atoms with van der Waals surface area (Å²) in [4.78, 5) is 29.3. The van der Waals surface area contributed by atoms with Crippen molar-refractivity contribution in [3.8, 4) is 0 Å². The van der Waals surface area contributed by atoms with Crippen molar-refractivity contribution in [3.63, 3.8) is 0 Å².